The van der Waals surface area contributed by atoms with E-state index in [1.807, 2.05) is 6.07 Å². The highest BCUT2D eigenvalue weighted by atomic mass is 32.2. The summed E-state index contributed by atoms with van der Waals surface area (Å²) in [5.74, 6) is 0.259. The molecule has 0 aliphatic rings. The molecular formula is C15H17FN2O2S. The van der Waals surface area contributed by atoms with Gasteiger partial charge >= 0.3 is 5.97 Å². The lowest BCUT2D eigenvalue weighted by Gasteiger charge is -2.11. The first kappa shape index (κ1) is 15.7. The molecule has 0 saturated carbocycles. The number of nitrogens with zero attached hydrogens (tertiary/aromatic N) is 1. The van der Waals surface area contributed by atoms with Gasteiger partial charge in [0, 0.05) is 23.1 Å². The summed E-state index contributed by atoms with van der Waals surface area (Å²) in [6, 6.07) is 5.86. The van der Waals surface area contributed by atoms with Crippen molar-refractivity contribution in [2.45, 2.75) is 18.7 Å². The largest absolute Gasteiger partial charge is 0.465 e. The molecule has 1 atom stereocenters. The lowest BCUT2D eigenvalue weighted by molar-refractivity contribution is -0.144. The fourth-order valence-electron chi connectivity index (χ4n) is 1.95. The van der Waals surface area contributed by atoms with Gasteiger partial charge in [0.25, 0.3) is 0 Å². The van der Waals surface area contributed by atoms with E-state index in [0.29, 0.717) is 18.1 Å². The second-order valence-corrected chi connectivity index (χ2v) is 5.54. The summed E-state index contributed by atoms with van der Waals surface area (Å²) in [5, 5.41) is 0.766. The number of rotatable bonds is 6. The minimum atomic E-state index is -0.664. The van der Waals surface area contributed by atoms with Gasteiger partial charge < -0.3 is 10.5 Å². The molecule has 0 fully saturated rings. The van der Waals surface area contributed by atoms with Crippen LogP contribution in [0.1, 0.15) is 12.5 Å². The Morgan fingerprint density at radius 1 is 1.52 bits per heavy atom. The Balaban J connectivity index is 2.02. The molecule has 0 bridgehead atoms. The van der Waals surface area contributed by atoms with E-state index in [1.54, 1.807) is 19.2 Å². The van der Waals surface area contributed by atoms with Crippen molar-refractivity contribution >= 4 is 28.6 Å². The number of carbonyl (C=O) groups excluding carboxylic acids is 1. The maximum absolute atomic E-state index is 13.6. The van der Waals surface area contributed by atoms with Crippen LogP contribution < -0.4 is 5.73 Å². The number of halogens is 1. The van der Waals surface area contributed by atoms with Gasteiger partial charge in [-0.2, -0.15) is 11.8 Å². The van der Waals surface area contributed by atoms with Gasteiger partial charge in [0.15, 0.2) is 0 Å². The summed E-state index contributed by atoms with van der Waals surface area (Å²) < 4.78 is 18.4. The third-order valence-corrected chi connectivity index (χ3v) is 4.00. The van der Waals surface area contributed by atoms with E-state index in [-0.39, 0.29) is 5.82 Å². The van der Waals surface area contributed by atoms with E-state index in [1.165, 1.54) is 23.9 Å². The predicted octanol–water partition coefficient (Wildman–Crippen LogP) is 2.50. The van der Waals surface area contributed by atoms with Gasteiger partial charge in [0.1, 0.15) is 11.9 Å². The Morgan fingerprint density at radius 2 is 2.33 bits per heavy atom. The second kappa shape index (κ2) is 7.38. The highest BCUT2D eigenvalue weighted by Crippen LogP contribution is 2.22. The van der Waals surface area contributed by atoms with E-state index in [4.69, 9.17) is 10.5 Å². The van der Waals surface area contributed by atoms with Crippen LogP contribution in [-0.4, -0.2) is 29.4 Å². The number of esters is 1. The van der Waals surface area contributed by atoms with Gasteiger partial charge in [-0.3, -0.25) is 9.78 Å². The van der Waals surface area contributed by atoms with Crippen LogP contribution in [0.15, 0.2) is 30.5 Å². The molecule has 1 unspecified atom stereocenters. The molecule has 6 heteroatoms. The van der Waals surface area contributed by atoms with Gasteiger partial charge in [-0.15, -0.1) is 0 Å². The van der Waals surface area contributed by atoms with E-state index in [2.05, 4.69) is 4.98 Å². The molecule has 0 saturated heterocycles. The molecule has 0 radical (unpaired) electrons. The Bertz CT molecular complexity index is 636. The topological polar surface area (TPSA) is 65.2 Å². The number of nitrogens with two attached hydrogens (primary N) is 1. The second-order valence-electron chi connectivity index (χ2n) is 4.51. The first-order valence-corrected chi connectivity index (χ1v) is 7.80. The number of hydrogen-bond donors (Lipinski definition) is 1. The molecule has 112 valence electrons. The SMILES string of the molecule is CCOC(=O)C(N)CSCc1cc(F)cc2cccnc12. The average Bonchev–Trinajstić information content (AvgIpc) is 2.47. The van der Waals surface area contributed by atoms with Crippen molar-refractivity contribution in [2.24, 2.45) is 5.73 Å². The Hall–Kier alpha value is -1.66. The summed E-state index contributed by atoms with van der Waals surface area (Å²) in [6.45, 7) is 2.05. The molecule has 4 nitrogen and oxygen atoms in total. The summed E-state index contributed by atoms with van der Waals surface area (Å²) in [4.78, 5) is 15.7. The summed E-state index contributed by atoms with van der Waals surface area (Å²) in [6.07, 6.45) is 1.68. The molecule has 0 amide bonds. The molecule has 2 aromatic rings. The highest BCUT2D eigenvalue weighted by molar-refractivity contribution is 7.98. The average molecular weight is 308 g/mol. The summed E-state index contributed by atoms with van der Waals surface area (Å²) in [5.41, 5.74) is 7.30. The van der Waals surface area contributed by atoms with Crippen LogP contribution in [0.3, 0.4) is 0 Å². The first-order valence-electron chi connectivity index (χ1n) is 6.65. The molecule has 1 aromatic heterocycles. The number of ether oxygens (including phenoxy) is 1. The van der Waals surface area contributed by atoms with Crippen LogP contribution in [-0.2, 0) is 15.3 Å². The standard InChI is InChI=1S/C15H17FN2O2S/c1-2-20-15(19)13(17)9-21-8-11-7-12(16)6-10-4-3-5-18-14(10)11/h3-7,13H,2,8-9,17H2,1H3. The van der Waals surface area contributed by atoms with Crippen molar-refractivity contribution in [1.82, 2.24) is 4.98 Å². The van der Waals surface area contributed by atoms with E-state index < -0.39 is 12.0 Å². The monoisotopic (exact) mass is 308 g/mol. The highest BCUT2D eigenvalue weighted by Gasteiger charge is 2.14. The van der Waals surface area contributed by atoms with Gasteiger partial charge in [0.05, 0.1) is 12.1 Å². The van der Waals surface area contributed by atoms with Gasteiger partial charge in [-0.1, -0.05) is 6.07 Å². The number of fused-ring (bicyclic) bond motifs is 1. The van der Waals surface area contributed by atoms with E-state index >= 15 is 0 Å². The van der Waals surface area contributed by atoms with Gasteiger partial charge in [0.2, 0.25) is 0 Å². The molecule has 0 aliphatic heterocycles. The van der Waals surface area contributed by atoms with Crippen molar-refractivity contribution < 1.29 is 13.9 Å². The van der Waals surface area contributed by atoms with Crippen molar-refractivity contribution in [1.29, 1.82) is 0 Å². The maximum Gasteiger partial charge on any atom is 0.323 e. The number of hydrogen-bond acceptors (Lipinski definition) is 5. The number of aromatic nitrogens is 1. The number of thioether (sulfide) groups is 1. The predicted molar refractivity (Wildman–Crippen MR) is 82.5 cm³/mol. The zero-order valence-corrected chi connectivity index (χ0v) is 12.5. The lowest BCUT2D eigenvalue weighted by Crippen LogP contribution is -2.34. The molecule has 1 heterocycles. The van der Waals surface area contributed by atoms with Crippen LogP contribution in [0.5, 0.6) is 0 Å². The van der Waals surface area contributed by atoms with Crippen LogP contribution in [0.25, 0.3) is 10.9 Å². The quantitative estimate of drug-likeness (QED) is 0.831. The molecule has 2 N–H and O–H groups in total. The van der Waals surface area contributed by atoms with Crippen molar-refractivity contribution in [2.75, 3.05) is 12.4 Å². The first-order chi connectivity index (χ1) is 10.1. The van der Waals surface area contributed by atoms with Crippen LogP contribution in [0.2, 0.25) is 0 Å². The Morgan fingerprint density at radius 3 is 3.10 bits per heavy atom. The van der Waals surface area contributed by atoms with Crippen LogP contribution in [0.4, 0.5) is 4.39 Å². The maximum atomic E-state index is 13.6. The summed E-state index contributed by atoms with van der Waals surface area (Å²) >= 11 is 1.46. The zero-order chi connectivity index (χ0) is 15.2. The lowest BCUT2D eigenvalue weighted by atomic mass is 10.1. The summed E-state index contributed by atoms with van der Waals surface area (Å²) in [7, 11) is 0. The van der Waals surface area contributed by atoms with Crippen molar-refractivity contribution in [3.63, 3.8) is 0 Å². The molecule has 0 aliphatic carbocycles. The Labute approximate surface area is 126 Å². The molecule has 2 rings (SSSR count). The minimum absolute atomic E-state index is 0.291. The van der Waals surface area contributed by atoms with Crippen molar-refractivity contribution in [3.05, 3.63) is 41.8 Å². The molecular weight excluding hydrogens is 291 g/mol. The third-order valence-electron chi connectivity index (χ3n) is 2.89. The molecule has 21 heavy (non-hydrogen) atoms. The van der Waals surface area contributed by atoms with Gasteiger partial charge in [-0.25, -0.2) is 4.39 Å². The molecule has 0 spiro atoms. The molecule has 1 aromatic carbocycles. The smallest absolute Gasteiger partial charge is 0.323 e. The van der Waals surface area contributed by atoms with Crippen molar-refractivity contribution in [3.8, 4) is 0 Å². The number of carbonyl (C=O) groups is 1. The fourth-order valence-corrected chi connectivity index (χ4v) is 2.90. The van der Waals surface area contributed by atoms with Gasteiger partial charge in [-0.05, 0) is 30.7 Å². The number of pyridine rings is 1. The van der Waals surface area contributed by atoms with E-state index in [0.717, 1.165) is 16.5 Å². The Kier molecular flexibility index (Phi) is 5.52. The number of benzene rings is 1. The zero-order valence-electron chi connectivity index (χ0n) is 11.7. The fraction of sp³-hybridized carbons (Fsp3) is 0.333. The van der Waals surface area contributed by atoms with Crippen LogP contribution in [0, 0.1) is 5.82 Å². The van der Waals surface area contributed by atoms with Crippen LogP contribution >= 0.6 is 11.8 Å². The third kappa shape index (κ3) is 4.15. The normalized spacial score (nSPS) is 12.3. The minimum Gasteiger partial charge on any atom is -0.465 e. The van der Waals surface area contributed by atoms with E-state index in [9.17, 15) is 9.18 Å².